The molecule has 0 aliphatic rings. The molecule has 1 rings (SSSR count). The molecule has 1 aromatic rings. The van der Waals surface area contributed by atoms with Crippen LogP contribution in [-0.4, -0.2) is 33.9 Å². The van der Waals surface area contributed by atoms with Crippen molar-refractivity contribution in [3.8, 4) is 0 Å². The molecule has 0 saturated heterocycles. The van der Waals surface area contributed by atoms with E-state index < -0.39 is 12.0 Å². The third kappa shape index (κ3) is 6.05. The fourth-order valence-electron chi connectivity index (χ4n) is 1.52. The van der Waals surface area contributed by atoms with Gasteiger partial charge in [-0.25, -0.2) is 0 Å². The molecule has 0 fully saturated rings. The van der Waals surface area contributed by atoms with Crippen LogP contribution >= 0.6 is 11.8 Å². The first-order chi connectivity index (χ1) is 8.99. The molecule has 0 aliphatic carbocycles. The molecule has 0 unspecified atom stereocenters. The highest BCUT2D eigenvalue weighted by Crippen LogP contribution is 2.11. The molecule has 19 heavy (non-hydrogen) atoms. The highest BCUT2D eigenvalue weighted by atomic mass is 32.2. The van der Waals surface area contributed by atoms with Crippen molar-refractivity contribution in [2.45, 2.75) is 19.4 Å². The van der Waals surface area contributed by atoms with Gasteiger partial charge in [0.2, 0.25) is 11.0 Å². The SMILES string of the molecule is CC(=O)N[C@@H](Cc1ccccc1)C(=O)SCC(=O)O. The number of rotatable bonds is 6. The minimum atomic E-state index is -1.06. The molecule has 1 atom stereocenters. The maximum atomic E-state index is 11.9. The van der Waals surface area contributed by atoms with Crippen LogP contribution in [0.1, 0.15) is 12.5 Å². The Balaban J connectivity index is 2.68. The van der Waals surface area contributed by atoms with Gasteiger partial charge in [0.25, 0.3) is 0 Å². The monoisotopic (exact) mass is 281 g/mol. The largest absolute Gasteiger partial charge is 0.481 e. The van der Waals surface area contributed by atoms with E-state index in [-0.39, 0.29) is 16.8 Å². The Morgan fingerprint density at radius 2 is 1.89 bits per heavy atom. The van der Waals surface area contributed by atoms with E-state index in [4.69, 9.17) is 5.11 Å². The lowest BCUT2D eigenvalue weighted by Gasteiger charge is -2.15. The van der Waals surface area contributed by atoms with Crippen molar-refractivity contribution in [1.29, 1.82) is 0 Å². The maximum Gasteiger partial charge on any atom is 0.313 e. The Hall–Kier alpha value is -1.82. The Bertz CT molecular complexity index is 461. The van der Waals surface area contributed by atoms with Crippen molar-refractivity contribution in [1.82, 2.24) is 5.32 Å². The van der Waals surface area contributed by atoms with Crippen molar-refractivity contribution >= 4 is 28.8 Å². The van der Waals surface area contributed by atoms with E-state index in [0.717, 1.165) is 5.56 Å². The van der Waals surface area contributed by atoms with Crippen LogP contribution in [0.15, 0.2) is 30.3 Å². The van der Waals surface area contributed by atoms with Crippen LogP contribution in [0.25, 0.3) is 0 Å². The van der Waals surface area contributed by atoms with Crippen molar-refractivity contribution in [3.05, 3.63) is 35.9 Å². The van der Waals surface area contributed by atoms with Crippen molar-refractivity contribution < 1.29 is 19.5 Å². The predicted octanol–water partition coefficient (Wildman–Crippen LogP) is 1.08. The average molecular weight is 281 g/mol. The number of benzene rings is 1. The number of carboxylic acid groups (broad SMARTS) is 1. The molecule has 0 spiro atoms. The average Bonchev–Trinajstić information content (AvgIpc) is 2.36. The van der Waals surface area contributed by atoms with E-state index in [1.54, 1.807) is 0 Å². The van der Waals surface area contributed by atoms with E-state index in [1.807, 2.05) is 30.3 Å². The lowest BCUT2D eigenvalue weighted by atomic mass is 10.1. The van der Waals surface area contributed by atoms with Gasteiger partial charge in [0.05, 0.1) is 5.75 Å². The van der Waals surface area contributed by atoms with Crippen molar-refractivity contribution in [2.24, 2.45) is 0 Å². The van der Waals surface area contributed by atoms with Gasteiger partial charge in [-0.2, -0.15) is 0 Å². The molecular formula is C13H15NO4S. The molecule has 0 saturated carbocycles. The van der Waals surface area contributed by atoms with Crippen LogP contribution in [0.5, 0.6) is 0 Å². The van der Waals surface area contributed by atoms with Crippen LogP contribution < -0.4 is 5.32 Å². The number of carbonyl (C=O) groups excluding carboxylic acids is 2. The van der Waals surface area contributed by atoms with Crippen molar-refractivity contribution in [3.63, 3.8) is 0 Å². The second-order valence-corrected chi connectivity index (χ2v) is 4.92. The normalized spacial score (nSPS) is 11.6. The third-order valence-electron chi connectivity index (χ3n) is 2.28. The first-order valence-electron chi connectivity index (χ1n) is 5.68. The molecule has 0 heterocycles. The minimum absolute atomic E-state index is 0.302. The van der Waals surface area contributed by atoms with Crippen LogP contribution in [0, 0.1) is 0 Å². The summed E-state index contributed by atoms with van der Waals surface area (Å²) >= 11 is 0.701. The van der Waals surface area contributed by atoms with E-state index in [0.29, 0.717) is 18.2 Å². The van der Waals surface area contributed by atoms with E-state index in [1.165, 1.54) is 6.92 Å². The molecule has 102 valence electrons. The Morgan fingerprint density at radius 3 is 2.42 bits per heavy atom. The van der Waals surface area contributed by atoms with Crippen LogP contribution in [-0.2, 0) is 20.8 Å². The minimum Gasteiger partial charge on any atom is -0.481 e. The van der Waals surface area contributed by atoms with E-state index in [2.05, 4.69) is 5.32 Å². The molecule has 2 N–H and O–H groups in total. The van der Waals surface area contributed by atoms with Crippen LogP contribution in [0.2, 0.25) is 0 Å². The Kier molecular flexibility index (Phi) is 6.08. The number of amides is 1. The lowest BCUT2D eigenvalue weighted by Crippen LogP contribution is -2.40. The molecule has 0 bridgehead atoms. The van der Waals surface area contributed by atoms with Gasteiger partial charge in [0.15, 0.2) is 0 Å². The summed E-state index contributed by atoms with van der Waals surface area (Å²) in [7, 11) is 0. The summed E-state index contributed by atoms with van der Waals surface area (Å²) in [6.45, 7) is 1.33. The third-order valence-corrected chi connectivity index (χ3v) is 3.24. The summed E-state index contributed by atoms with van der Waals surface area (Å²) in [6, 6.07) is 8.54. The topological polar surface area (TPSA) is 83.5 Å². The highest BCUT2D eigenvalue weighted by Gasteiger charge is 2.21. The van der Waals surface area contributed by atoms with Crippen LogP contribution in [0.3, 0.4) is 0 Å². The van der Waals surface area contributed by atoms with Crippen LogP contribution in [0.4, 0.5) is 0 Å². The first kappa shape index (κ1) is 15.2. The number of carbonyl (C=O) groups is 3. The molecule has 1 amide bonds. The second-order valence-electron chi connectivity index (χ2n) is 3.94. The summed E-state index contributed by atoms with van der Waals surface area (Å²) in [5, 5.41) is 10.8. The number of aliphatic carboxylic acids is 1. The number of hydrogen-bond acceptors (Lipinski definition) is 4. The van der Waals surface area contributed by atoms with Gasteiger partial charge in [0.1, 0.15) is 6.04 Å². The summed E-state index contributed by atoms with van der Waals surface area (Å²) in [5.41, 5.74) is 0.908. The molecule has 6 heteroatoms. The van der Waals surface area contributed by atoms with E-state index >= 15 is 0 Å². The Morgan fingerprint density at radius 1 is 1.26 bits per heavy atom. The quantitative estimate of drug-likeness (QED) is 0.815. The molecule has 1 aromatic carbocycles. The van der Waals surface area contributed by atoms with E-state index in [9.17, 15) is 14.4 Å². The van der Waals surface area contributed by atoms with Gasteiger partial charge in [-0.15, -0.1) is 0 Å². The molecule has 5 nitrogen and oxygen atoms in total. The van der Waals surface area contributed by atoms with Gasteiger partial charge in [0, 0.05) is 13.3 Å². The zero-order valence-corrected chi connectivity index (χ0v) is 11.3. The highest BCUT2D eigenvalue weighted by molar-refractivity contribution is 8.14. The number of carboxylic acids is 1. The smallest absolute Gasteiger partial charge is 0.313 e. The zero-order valence-electron chi connectivity index (χ0n) is 10.5. The predicted molar refractivity (Wildman–Crippen MR) is 72.9 cm³/mol. The fraction of sp³-hybridized carbons (Fsp3) is 0.308. The Labute approximate surface area is 115 Å². The maximum absolute atomic E-state index is 11.9. The van der Waals surface area contributed by atoms with Gasteiger partial charge in [-0.1, -0.05) is 42.1 Å². The summed E-state index contributed by atoms with van der Waals surface area (Å²) in [4.78, 5) is 33.4. The first-order valence-corrected chi connectivity index (χ1v) is 6.67. The summed E-state index contributed by atoms with van der Waals surface area (Å²) in [5.74, 6) is -1.67. The number of hydrogen-bond donors (Lipinski definition) is 2. The molecule has 0 aromatic heterocycles. The van der Waals surface area contributed by atoms with Gasteiger partial charge in [-0.05, 0) is 5.56 Å². The summed E-state index contributed by atoms with van der Waals surface area (Å²) < 4.78 is 0. The van der Waals surface area contributed by atoms with Gasteiger partial charge >= 0.3 is 5.97 Å². The van der Waals surface area contributed by atoms with Crippen molar-refractivity contribution in [2.75, 3.05) is 5.75 Å². The number of nitrogens with one attached hydrogen (secondary N) is 1. The standard InChI is InChI=1S/C13H15NO4S/c1-9(15)14-11(13(18)19-8-12(16)17)7-10-5-3-2-4-6-10/h2-6,11H,7-8H2,1H3,(H,14,15)(H,16,17)/t11-/m0/s1. The number of thioether (sulfide) groups is 1. The molecule has 0 aliphatic heterocycles. The van der Waals surface area contributed by atoms with Gasteiger partial charge in [-0.3, -0.25) is 14.4 Å². The fourth-order valence-corrected chi connectivity index (χ4v) is 2.13. The molecular weight excluding hydrogens is 266 g/mol. The molecule has 0 radical (unpaired) electrons. The zero-order chi connectivity index (χ0) is 14.3. The van der Waals surface area contributed by atoms with Gasteiger partial charge < -0.3 is 10.4 Å². The second kappa shape index (κ2) is 7.58. The summed E-state index contributed by atoms with van der Waals surface area (Å²) in [6.07, 6.45) is 0.353. The lowest BCUT2D eigenvalue weighted by molar-refractivity contribution is -0.134.